The molecule has 1 N–H and O–H groups in total. The molecule has 0 atom stereocenters. The molecule has 1 aliphatic carbocycles. The minimum Gasteiger partial charge on any atom is -0.378 e. The Morgan fingerprint density at radius 3 is 2.85 bits per heavy atom. The van der Waals surface area contributed by atoms with E-state index in [-0.39, 0.29) is 11.2 Å². The number of ether oxygens (including phenoxy) is 1. The first-order valence-electron chi connectivity index (χ1n) is 6.88. The summed E-state index contributed by atoms with van der Waals surface area (Å²) in [4.78, 5) is 22.3. The summed E-state index contributed by atoms with van der Waals surface area (Å²) in [5.41, 5.74) is 0.326. The summed E-state index contributed by atoms with van der Waals surface area (Å²) in [6, 6.07) is 1.69. The molecule has 108 valence electrons. The van der Waals surface area contributed by atoms with Crippen LogP contribution in [0.2, 0.25) is 5.28 Å². The number of nitrogens with one attached hydrogen (secondary N) is 1. The molecule has 0 unspecified atom stereocenters. The number of nitrogens with zero attached hydrogens (tertiary/aromatic N) is 3. The van der Waals surface area contributed by atoms with Gasteiger partial charge >= 0.3 is 0 Å². The zero-order chi connectivity index (χ0) is 13.9. The van der Waals surface area contributed by atoms with Gasteiger partial charge in [-0.2, -0.15) is 0 Å². The Morgan fingerprint density at radius 2 is 2.15 bits per heavy atom. The quantitative estimate of drug-likeness (QED) is 0.843. The van der Waals surface area contributed by atoms with Crippen LogP contribution in [0.3, 0.4) is 0 Å². The van der Waals surface area contributed by atoms with E-state index < -0.39 is 0 Å². The number of carbonyl (C=O) groups is 1. The molecule has 0 spiro atoms. The third kappa shape index (κ3) is 3.37. The van der Waals surface area contributed by atoms with Crippen LogP contribution >= 0.6 is 11.6 Å². The Hall–Kier alpha value is -1.40. The Labute approximate surface area is 122 Å². The van der Waals surface area contributed by atoms with Crippen molar-refractivity contribution < 1.29 is 9.53 Å². The first-order chi connectivity index (χ1) is 9.72. The maximum atomic E-state index is 12.1. The SMILES string of the molecule is O=C(NCC1CC1)c1cc(N2CCOCC2)nc(Cl)n1. The molecule has 0 aromatic carbocycles. The lowest BCUT2D eigenvalue weighted by Crippen LogP contribution is -2.37. The van der Waals surface area contributed by atoms with E-state index in [4.69, 9.17) is 16.3 Å². The van der Waals surface area contributed by atoms with Gasteiger partial charge in [0, 0.05) is 25.7 Å². The summed E-state index contributed by atoms with van der Waals surface area (Å²) < 4.78 is 5.30. The lowest BCUT2D eigenvalue weighted by atomic mass is 10.3. The van der Waals surface area contributed by atoms with Gasteiger partial charge in [-0.1, -0.05) is 0 Å². The van der Waals surface area contributed by atoms with Gasteiger partial charge in [0.1, 0.15) is 11.5 Å². The molecule has 2 heterocycles. The highest BCUT2D eigenvalue weighted by Gasteiger charge is 2.23. The topological polar surface area (TPSA) is 67.4 Å². The maximum absolute atomic E-state index is 12.1. The zero-order valence-electron chi connectivity index (χ0n) is 11.1. The summed E-state index contributed by atoms with van der Waals surface area (Å²) in [6.45, 7) is 3.52. The Bertz CT molecular complexity index is 501. The molecule has 2 aliphatic rings. The van der Waals surface area contributed by atoms with Gasteiger partial charge in [0.2, 0.25) is 5.28 Å². The van der Waals surface area contributed by atoms with Crippen LogP contribution in [0.1, 0.15) is 23.3 Å². The van der Waals surface area contributed by atoms with Crippen molar-refractivity contribution in [3.8, 4) is 0 Å². The number of halogens is 1. The number of carbonyl (C=O) groups excluding carboxylic acids is 1. The highest BCUT2D eigenvalue weighted by Crippen LogP contribution is 2.27. The highest BCUT2D eigenvalue weighted by atomic mass is 35.5. The summed E-state index contributed by atoms with van der Waals surface area (Å²) in [7, 11) is 0. The monoisotopic (exact) mass is 296 g/mol. The molecule has 0 bridgehead atoms. The highest BCUT2D eigenvalue weighted by molar-refractivity contribution is 6.28. The largest absolute Gasteiger partial charge is 0.378 e. The number of anilines is 1. The lowest BCUT2D eigenvalue weighted by molar-refractivity contribution is 0.0946. The molecular weight excluding hydrogens is 280 g/mol. The van der Waals surface area contributed by atoms with Gasteiger partial charge in [0.25, 0.3) is 5.91 Å². The molecule has 1 saturated heterocycles. The number of morpholine rings is 1. The second-order valence-corrected chi connectivity index (χ2v) is 5.47. The van der Waals surface area contributed by atoms with Crippen LogP contribution in [0.4, 0.5) is 5.82 Å². The van der Waals surface area contributed by atoms with Crippen molar-refractivity contribution in [2.24, 2.45) is 5.92 Å². The smallest absolute Gasteiger partial charge is 0.270 e. The van der Waals surface area contributed by atoms with E-state index in [1.54, 1.807) is 6.07 Å². The van der Waals surface area contributed by atoms with Crippen molar-refractivity contribution >= 4 is 23.3 Å². The van der Waals surface area contributed by atoms with Gasteiger partial charge in [-0.15, -0.1) is 0 Å². The van der Waals surface area contributed by atoms with E-state index in [1.165, 1.54) is 12.8 Å². The first kappa shape index (κ1) is 13.6. The van der Waals surface area contributed by atoms with E-state index >= 15 is 0 Å². The molecule has 0 radical (unpaired) electrons. The van der Waals surface area contributed by atoms with Crippen molar-refractivity contribution in [2.45, 2.75) is 12.8 Å². The fourth-order valence-electron chi connectivity index (χ4n) is 2.13. The van der Waals surface area contributed by atoms with Crippen molar-refractivity contribution in [1.29, 1.82) is 0 Å². The minimum atomic E-state index is -0.185. The summed E-state index contributed by atoms with van der Waals surface area (Å²) in [5.74, 6) is 1.13. The van der Waals surface area contributed by atoms with Crippen molar-refractivity contribution in [1.82, 2.24) is 15.3 Å². The van der Waals surface area contributed by atoms with Crippen LogP contribution in [0.15, 0.2) is 6.07 Å². The first-order valence-corrected chi connectivity index (χ1v) is 7.25. The average Bonchev–Trinajstić information content (AvgIpc) is 3.29. The molecule has 1 aliphatic heterocycles. The molecular formula is C13H17ClN4O2. The second kappa shape index (κ2) is 5.93. The molecule has 3 rings (SSSR count). The van der Waals surface area contributed by atoms with E-state index in [2.05, 4.69) is 20.2 Å². The van der Waals surface area contributed by atoms with Crippen LogP contribution in [0.25, 0.3) is 0 Å². The molecule has 6 nitrogen and oxygen atoms in total. The molecule has 1 aromatic rings. The zero-order valence-corrected chi connectivity index (χ0v) is 11.9. The van der Waals surface area contributed by atoms with Gasteiger partial charge in [0.05, 0.1) is 13.2 Å². The third-order valence-corrected chi connectivity index (χ3v) is 3.67. The van der Waals surface area contributed by atoms with Gasteiger partial charge in [-0.3, -0.25) is 4.79 Å². The van der Waals surface area contributed by atoms with Crippen molar-refractivity contribution in [2.75, 3.05) is 37.7 Å². The third-order valence-electron chi connectivity index (χ3n) is 3.50. The molecule has 1 saturated carbocycles. The standard InChI is InChI=1S/C13H17ClN4O2/c14-13-16-10(12(19)15-8-9-1-2-9)7-11(17-13)18-3-5-20-6-4-18/h7,9H,1-6,8H2,(H,15,19). The number of hydrogen-bond donors (Lipinski definition) is 1. The number of hydrogen-bond acceptors (Lipinski definition) is 5. The molecule has 7 heteroatoms. The normalized spacial score (nSPS) is 18.9. The number of amides is 1. The predicted octanol–water partition coefficient (Wildman–Crippen LogP) is 1.11. The van der Waals surface area contributed by atoms with Crippen LogP contribution < -0.4 is 10.2 Å². The van der Waals surface area contributed by atoms with Gasteiger partial charge in [0.15, 0.2) is 0 Å². The average molecular weight is 297 g/mol. The van der Waals surface area contributed by atoms with E-state index in [0.717, 1.165) is 13.1 Å². The minimum absolute atomic E-state index is 0.102. The van der Waals surface area contributed by atoms with Gasteiger partial charge < -0.3 is 15.0 Å². The summed E-state index contributed by atoms with van der Waals surface area (Å²) in [5, 5.41) is 2.99. The number of rotatable bonds is 4. The van der Waals surface area contributed by atoms with Crippen molar-refractivity contribution in [3.63, 3.8) is 0 Å². The molecule has 20 heavy (non-hydrogen) atoms. The lowest BCUT2D eigenvalue weighted by Gasteiger charge is -2.27. The molecule has 2 fully saturated rings. The maximum Gasteiger partial charge on any atom is 0.270 e. The van der Waals surface area contributed by atoms with E-state index in [1.807, 2.05) is 0 Å². The van der Waals surface area contributed by atoms with E-state index in [0.29, 0.717) is 37.2 Å². The van der Waals surface area contributed by atoms with Gasteiger partial charge in [-0.25, -0.2) is 9.97 Å². The fraction of sp³-hybridized carbons (Fsp3) is 0.615. The van der Waals surface area contributed by atoms with Gasteiger partial charge in [-0.05, 0) is 30.4 Å². The summed E-state index contributed by atoms with van der Waals surface area (Å²) in [6.07, 6.45) is 2.40. The Morgan fingerprint density at radius 1 is 1.40 bits per heavy atom. The van der Waals surface area contributed by atoms with Crippen LogP contribution in [-0.2, 0) is 4.74 Å². The predicted molar refractivity (Wildman–Crippen MR) is 75.1 cm³/mol. The summed E-state index contributed by atoms with van der Waals surface area (Å²) >= 11 is 5.93. The van der Waals surface area contributed by atoms with Crippen LogP contribution in [-0.4, -0.2) is 48.7 Å². The Kier molecular flexibility index (Phi) is 4.03. The fourth-order valence-corrected chi connectivity index (χ4v) is 2.30. The van der Waals surface area contributed by atoms with Crippen LogP contribution in [0, 0.1) is 5.92 Å². The second-order valence-electron chi connectivity index (χ2n) is 5.13. The molecule has 1 amide bonds. The van der Waals surface area contributed by atoms with E-state index in [9.17, 15) is 4.79 Å². The van der Waals surface area contributed by atoms with Crippen LogP contribution in [0.5, 0.6) is 0 Å². The molecule has 1 aromatic heterocycles. The van der Waals surface area contributed by atoms with Crippen molar-refractivity contribution in [3.05, 3.63) is 17.0 Å². The Balaban J connectivity index is 1.72. The number of aromatic nitrogens is 2.